The van der Waals surface area contributed by atoms with Crippen molar-refractivity contribution in [2.75, 3.05) is 6.54 Å². The van der Waals surface area contributed by atoms with Gasteiger partial charge in [0.25, 0.3) is 0 Å². The average molecular weight is 261 g/mol. The minimum Gasteiger partial charge on any atom is -0.481 e. The third-order valence-electron chi connectivity index (χ3n) is 3.59. The molecular formula is C15H19NO3. The van der Waals surface area contributed by atoms with Gasteiger partial charge >= 0.3 is 5.97 Å². The molecule has 102 valence electrons. The van der Waals surface area contributed by atoms with E-state index in [1.54, 1.807) is 0 Å². The van der Waals surface area contributed by atoms with Crippen LogP contribution >= 0.6 is 0 Å². The van der Waals surface area contributed by atoms with E-state index in [4.69, 9.17) is 5.11 Å². The predicted molar refractivity (Wildman–Crippen MR) is 71.8 cm³/mol. The number of carboxylic acid groups (broad SMARTS) is 1. The molecule has 0 spiro atoms. The third-order valence-corrected chi connectivity index (χ3v) is 3.59. The van der Waals surface area contributed by atoms with Gasteiger partial charge in [-0.2, -0.15) is 0 Å². The Labute approximate surface area is 112 Å². The molecule has 1 aromatic carbocycles. The number of nitrogens with one attached hydrogen (secondary N) is 1. The summed E-state index contributed by atoms with van der Waals surface area (Å²) in [6.45, 7) is 2.68. The van der Waals surface area contributed by atoms with E-state index >= 15 is 0 Å². The molecule has 2 N–H and O–H groups in total. The van der Waals surface area contributed by atoms with Crippen molar-refractivity contribution >= 4 is 11.9 Å². The molecule has 2 unspecified atom stereocenters. The van der Waals surface area contributed by atoms with Gasteiger partial charge in [-0.05, 0) is 30.4 Å². The van der Waals surface area contributed by atoms with Gasteiger partial charge in [0.05, 0.1) is 11.8 Å². The number of hydrogen-bond donors (Lipinski definition) is 2. The lowest BCUT2D eigenvalue weighted by molar-refractivity contribution is -0.140. The van der Waals surface area contributed by atoms with Crippen molar-refractivity contribution < 1.29 is 14.7 Å². The van der Waals surface area contributed by atoms with E-state index in [0.29, 0.717) is 13.0 Å². The van der Waals surface area contributed by atoms with E-state index in [-0.39, 0.29) is 11.8 Å². The molecular weight excluding hydrogens is 242 g/mol. The number of carbonyl (C=O) groups excluding carboxylic acids is 1. The van der Waals surface area contributed by atoms with Crippen LogP contribution in [0.2, 0.25) is 0 Å². The Morgan fingerprint density at radius 1 is 1.21 bits per heavy atom. The number of benzene rings is 1. The monoisotopic (exact) mass is 261 g/mol. The molecule has 1 aliphatic rings. The fraction of sp³-hybridized carbons (Fsp3) is 0.467. The van der Waals surface area contributed by atoms with E-state index < -0.39 is 11.9 Å². The average Bonchev–Trinajstić information content (AvgIpc) is 3.20. The highest BCUT2D eigenvalue weighted by atomic mass is 16.4. The lowest BCUT2D eigenvalue weighted by atomic mass is 10.1. The smallest absolute Gasteiger partial charge is 0.307 e. The van der Waals surface area contributed by atoms with Gasteiger partial charge in [-0.1, -0.05) is 31.2 Å². The summed E-state index contributed by atoms with van der Waals surface area (Å²) in [5.74, 6) is -1.78. The molecule has 1 aliphatic carbocycles. The number of carbonyl (C=O) groups is 2. The van der Waals surface area contributed by atoms with Crippen LogP contribution < -0.4 is 5.32 Å². The van der Waals surface area contributed by atoms with Crippen LogP contribution in [0.4, 0.5) is 0 Å². The van der Waals surface area contributed by atoms with Crippen molar-refractivity contribution in [3.05, 3.63) is 35.4 Å². The van der Waals surface area contributed by atoms with Gasteiger partial charge in [-0.15, -0.1) is 0 Å². The highest BCUT2D eigenvalue weighted by Crippen LogP contribution is 2.38. The molecule has 2 atom stereocenters. The van der Waals surface area contributed by atoms with Crippen LogP contribution in [0.15, 0.2) is 24.3 Å². The zero-order valence-electron chi connectivity index (χ0n) is 11.1. The van der Waals surface area contributed by atoms with E-state index in [0.717, 1.165) is 12.8 Å². The Hall–Kier alpha value is -1.84. The third kappa shape index (κ3) is 3.56. The summed E-state index contributed by atoms with van der Waals surface area (Å²) in [5.41, 5.74) is 2.48. The number of carboxylic acids is 1. The molecule has 0 aromatic heterocycles. The maximum atomic E-state index is 11.6. The lowest BCUT2D eigenvalue weighted by Gasteiger charge is -2.05. The van der Waals surface area contributed by atoms with Gasteiger partial charge in [0.1, 0.15) is 0 Å². The van der Waals surface area contributed by atoms with E-state index in [1.807, 2.05) is 0 Å². The molecule has 4 nitrogen and oxygen atoms in total. The Bertz CT molecular complexity index is 467. The zero-order valence-corrected chi connectivity index (χ0v) is 11.1. The number of aryl methyl sites for hydroxylation is 1. The van der Waals surface area contributed by atoms with Crippen LogP contribution in [-0.2, 0) is 22.4 Å². The zero-order chi connectivity index (χ0) is 13.8. The van der Waals surface area contributed by atoms with Gasteiger partial charge in [0.2, 0.25) is 5.91 Å². The van der Waals surface area contributed by atoms with Crippen LogP contribution in [0, 0.1) is 11.8 Å². The molecule has 1 fully saturated rings. The fourth-order valence-corrected chi connectivity index (χ4v) is 2.16. The summed E-state index contributed by atoms with van der Waals surface area (Å²) in [6.07, 6.45) is 2.28. The molecule has 0 saturated heterocycles. The molecule has 1 amide bonds. The molecule has 0 heterocycles. The normalized spacial score (nSPS) is 20.9. The van der Waals surface area contributed by atoms with Gasteiger partial charge in [-0.25, -0.2) is 0 Å². The molecule has 19 heavy (non-hydrogen) atoms. The summed E-state index contributed by atoms with van der Waals surface area (Å²) < 4.78 is 0. The Kier molecular flexibility index (Phi) is 4.20. The number of amides is 1. The van der Waals surface area contributed by atoms with E-state index in [1.165, 1.54) is 11.1 Å². The number of rotatable bonds is 6. The van der Waals surface area contributed by atoms with Gasteiger partial charge in [0, 0.05) is 6.54 Å². The Morgan fingerprint density at radius 2 is 1.84 bits per heavy atom. The number of hydrogen-bond acceptors (Lipinski definition) is 2. The summed E-state index contributed by atoms with van der Waals surface area (Å²) in [5, 5.41) is 11.5. The van der Waals surface area contributed by atoms with Crippen LogP contribution in [0.25, 0.3) is 0 Å². The van der Waals surface area contributed by atoms with Crippen LogP contribution in [-0.4, -0.2) is 23.5 Å². The van der Waals surface area contributed by atoms with Crippen molar-refractivity contribution in [3.8, 4) is 0 Å². The lowest BCUT2D eigenvalue weighted by Crippen LogP contribution is -2.28. The van der Waals surface area contributed by atoms with Gasteiger partial charge < -0.3 is 10.4 Å². The second-order valence-corrected chi connectivity index (χ2v) is 5.00. The topological polar surface area (TPSA) is 66.4 Å². The first-order valence-electron chi connectivity index (χ1n) is 6.70. The predicted octanol–water partition coefficient (Wildman–Crippen LogP) is 1.63. The summed E-state index contributed by atoms with van der Waals surface area (Å²) >= 11 is 0. The molecule has 2 rings (SSSR count). The van der Waals surface area contributed by atoms with Crippen molar-refractivity contribution in [3.63, 3.8) is 0 Å². The van der Waals surface area contributed by atoms with Crippen LogP contribution in [0.5, 0.6) is 0 Å². The molecule has 1 saturated carbocycles. The first-order valence-corrected chi connectivity index (χ1v) is 6.70. The van der Waals surface area contributed by atoms with Crippen molar-refractivity contribution in [1.29, 1.82) is 0 Å². The second-order valence-electron chi connectivity index (χ2n) is 5.00. The molecule has 4 heteroatoms. The summed E-state index contributed by atoms with van der Waals surface area (Å²) in [7, 11) is 0. The number of aliphatic carboxylic acids is 1. The highest BCUT2D eigenvalue weighted by Gasteiger charge is 2.48. The highest BCUT2D eigenvalue weighted by molar-refractivity contribution is 5.89. The first-order chi connectivity index (χ1) is 9.11. The van der Waals surface area contributed by atoms with Gasteiger partial charge in [0.15, 0.2) is 0 Å². The van der Waals surface area contributed by atoms with Crippen molar-refractivity contribution in [1.82, 2.24) is 5.32 Å². The standard InChI is InChI=1S/C15H19NO3/c1-2-10-3-5-11(6-4-10)7-8-16-14(17)12-9-13(12)15(18)19/h3-6,12-13H,2,7-9H2,1H3,(H,16,17)(H,18,19). The van der Waals surface area contributed by atoms with Crippen molar-refractivity contribution in [2.24, 2.45) is 11.8 Å². The molecule has 0 radical (unpaired) electrons. The fourth-order valence-electron chi connectivity index (χ4n) is 2.16. The second kappa shape index (κ2) is 5.87. The minimum atomic E-state index is -0.865. The minimum absolute atomic E-state index is 0.127. The quantitative estimate of drug-likeness (QED) is 0.818. The van der Waals surface area contributed by atoms with Crippen LogP contribution in [0.1, 0.15) is 24.5 Å². The largest absolute Gasteiger partial charge is 0.481 e. The van der Waals surface area contributed by atoms with Gasteiger partial charge in [-0.3, -0.25) is 9.59 Å². The first kappa shape index (κ1) is 13.6. The molecule has 0 aliphatic heterocycles. The Balaban J connectivity index is 1.71. The molecule has 1 aromatic rings. The van der Waals surface area contributed by atoms with E-state index in [2.05, 4.69) is 36.5 Å². The van der Waals surface area contributed by atoms with E-state index in [9.17, 15) is 9.59 Å². The van der Waals surface area contributed by atoms with Crippen molar-refractivity contribution in [2.45, 2.75) is 26.2 Å². The molecule has 0 bridgehead atoms. The maximum Gasteiger partial charge on any atom is 0.307 e. The maximum absolute atomic E-state index is 11.6. The SMILES string of the molecule is CCc1ccc(CCNC(=O)C2CC2C(=O)O)cc1. The summed E-state index contributed by atoms with van der Waals surface area (Å²) in [6, 6.07) is 8.33. The Morgan fingerprint density at radius 3 is 2.37 bits per heavy atom. The summed E-state index contributed by atoms with van der Waals surface area (Å²) in [4.78, 5) is 22.3. The van der Waals surface area contributed by atoms with Crippen LogP contribution in [0.3, 0.4) is 0 Å².